The van der Waals surface area contributed by atoms with Gasteiger partial charge >= 0.3 is 0 Å². The first-order valence-corrected chi connectivity index (χ1v) is 9.24. The van der Waals surface area contributed by atoms with Gasteiger partial charge in [0.1, 0.15) is 0 Å². The van der Waals surface area contributed by atoms with E-state index in [1.165, 1.54) is 12.1 Å². The molecule has 0 aliphatic rings. The molecule has 0 aliphatic carbocycles. The number of halogens is 1. The summed E-state index contributed by atoms with van der Waals surface area (Å²) in [7, 11) is -2.02. The summed E-state index contributed by atoms with van der Waals surface area (Å²) in [5, 5.41) is 5.65. The van der Waals surface area contributed by atoms with Crippen LogP contribution in [-0.4, -0.2) is 26.3 Å². The van der Waals surface area contributed by atoms with E-state index >= 15 is 0 Å². The number of carbonyl (C=O) groups is 1. The Morgan fingerprint density at radius 3 is 2.29 bits per heavy atom. The zero-order valence-corrected chi connectivity index (χ0v) is 15.0. The van der Waals surface area contributed by atoms with Gasteiger partial charge in [-0.2, -0.15) is 0 Å². The zero-order chi connectivity index (χ0) is 17.9. The minimum absolute atomic E-state index is 0.0449. The van der Waals surface area contributed by atoms with Crippen LogP contribution in [0.4, 0.5) is 0 Å². The third-order valence-corrected chi connectivity index (χ3v) is 5.26. The molecule has 7 heteroatoms. The Labute approximate surface area is 147 Å². The molecule has 0 bridgehead atoms. The van der Waals surface area contributed by atoms with Crippen molar-refractivity contribution in [1.82, 2.24) is 4.90 Å². The number of nitrogens with zero attached hydrogens (tertiary/aromatic N) is 1. The number of likely N-dealkylation sites (N-methyl/N-ethyl adjacent to an activating group) is 1. The molecule has 0 heterocycles. The Kier molecular flexibility index (Phi) is 5.64. The SMILES string of the molecule is CC(c1ccc(S(N)(=O)=O)cc1)N(C)C(=O)Cc1ccccc1Cl. The molecule has 24 heavy (non-hydrogen) atoms. The molecule has 0 saturated heterocycles. The quantitative estimate of drug-likeness (QED) is 0.883. The molecule has 128 valence electrons. The number of rotatable bonds is 5. The predicted molar refractivity (Wildman–Crippen MR) is 94.2 cm³/mol. The lowest BCUT2D eigenvalue weighted by molar-refractivity contribution is -0.131. The number of hydrogen-bond donors (Lipinski definition) is 1. The molecule has 1 atom stereocenters. The van der Waals surface area contributed by atoms with Gasteiger partial charge in [0.25, 0.3) is 0 Å². The molecule has 0 saturated carbocycles. The van der Waals surface area contributed by atoms with E-state index in [1.54, 1.807) is 30.1 Å². The normalized spacial score (nSPS) is 12.7. The Balaban J connectivity index is 2.12. The first-order valence-electron chi connectivity index (χ1n) is 7.32. The average molecular weight is 367 g/mol. The highest BCUT2D eigenvalue weighted by atomic mass is 35.5. The van der Waals surface area contributed by atoms with Crippen LogP contribution >= 0.6 is 11.6 Å². The number of carbonyl (C=O) groups excluding carboxylic acids is 1. The Morgan fingerprint density at radius 2 is 1.75 bits per heavy atom. The van der Waals surface area contributed by atoms with Crippen molar-refractivity contribution in [3.8, 4) is 0 Å². The summed E-state index contributed by atoms with van der Waals surface area (Å²) < 4.78 is 22.6. The molecule has 1 amide bonds. The van der Waals surface area contributed by atoms with Gasteiger partial charge in [-0.1, -0.05) is 41.9 Å². The lowest BCUT2D eigenvalue weighted by Gasteiger charge is -2.25. The van der Waals surface area contributed by atoms with E-state index in [4.69, 9.17) is 16.7 Å². The van der Waals surface area contributed by atoms with Crippen LogP contribution in [-0.2, 0) is 21.2 Å². The van der Waals surface area contributed by atoms with Gasteiger partial charge in [-0.3, -0.25) is 4.79 Å². The summed E-state index contributed by atoms with van der Waals surface area (Å²) in [5.41, 5.74) is 1.59. The number of hydrogen-bond acceptors (Lipinski definition) is 3. The van der Waals surface area contributed by atoms with Crippen molar-refractivity contribution in [2.45, 2.75) is 24.3 Å². The van der Waals surface area contributed by atoms with Crippen molar-refractivity contribution >= 4 is 27.5 Å². The number of sulfonamides is 1. The molecule has 2 N–H and O–H groups in total. The van der Waals surface area contributed by atoms with Gasteiger partial charge in [0.05, 0.1) is 17.4 Å². The molecule has 1 unspecified atom stereocenters. The van der Waals surface area contributed by atoms with Crippen LogP contribution in [0.2, 0.25) is 5.02 Å². The first kappa shape index (κ1) is 18.4. The topological polar surface area (TPSA) is 80.5 Å². The number of amides is 1. The van der Waals surface area contributed by atoms with Crippen molar-refractivity contribution in [2.75, 3.05) is 7.05 Å². The molecule has 0 aromatic heterocycles. The van der Waals surface area contributed by atoms with Gasteiger partial charge < -0.3 is 4.90 Å². The third kappa shape index (κ3) is 4.35. The van der Waals surface area contributed by atoms with Crippen LogP contribution in [0.3, 0.4) is 0 Å². The summed E-state index contributed by atoms with van der Waals surface area (Å²) in [4.78, 5) is 14.1. The largest absolute Gasteiger partial charge is 0.339 e. The summed E-state index contributed by atoms with van der Waals surface area (Å²) in [6, 6.07) is 13.2. The van der Waals surface area contributed by atoms with Crippen molar-refractivity contribution in [3.05, 3.63) is 64.7 Å². The van der Waals surface area contributed by atoms with Crippen LogP contribution in [0.5, 0.6) is 0 Å². The molecule has 0 radical (unpaired) electrons. The maximum Gasteiger partial charge on any atom is 0.238 e. The first-order chi connectivity index (χ1) is 11.2. The van der Waals surface area contributed by atoms with Crippen molar-refractivity contribution in [3.63, 3.8) is 0 Å². The van der Waals surface area contributed by atoms with Crippen LogP contribution in [0, 0.1) is 0 Å². The van der Waals surface area contributed by atoms with Crippen molar-refractivity contribution in [1.29, 1.82) is 0 Å². The van der Waals surface area contributed by atoms with E-state index < -0.39 is 10.0 Å². The van der Waals surface area contributed by atoms with Crippen LogP contribution < -0.4 is 5.14 Å². The molecule has 0 aliphatic heterocycles. The van der Waals surface area contributed by atoms with Crippen LogP contribution in [0.25, 0.3) is 0 Å². The summed E-state index contributed by atoms with van der Waals surface area (Å²) in [6.45, 7) is 1.87. The minimum Gasteiger partial charge on any atom is -0.339 e. The molecule has 0 fully saturated rings. The van der Waals surface area contributed by atoms with Crippen LogP contribution in [0.15, 0.2) is 53.4 Å². The minimum atomic E-state index is -3.72. The van der Waals surface area contributed by atoms with E-state index in [-0.39, 0.29) is 23.3 Å². The second-order valence-corrected chi connectivity index (χ2v) is 7.53. The van der Waals surface area contributed by atoms with E-state index in [0.717, 1.165) is 11.1 Å². The van der Waals surface area contributed by atoms with E-state index in [9.17, 15) is 13.2 Å². The number of benzene rings is 2. The van der Waals surface area contributed by atoms with E-state index in [0.29, 0.717) is 5.02 Å². The van der Waals surface area contributed by atoms with Crippen molar-refractivity contribution < 1.29 is 13.2 Å². The predicted octanol–water partition coefficient (Wildman–Crippen LogP) is 2.75. The standard InChI is InChI=1S/C17H19ClN2O3S/c1-12(13-7-9-15(10-8-13)24(19,22)23)20(2)17(21)11-14-5-3-4-6-16(14)18/h3-10,12H,11H2,1-2H3,(H2,19,22,23). The lowest BCUT2D eigenvalue weighted by Crippen LogP contribution is -2.31. The van der Waals surface area contributed by atoms with Gasteiger partial charge in [-0.25, -0.2) is 13.6 Å². The fourth-order valence-corrected chi connectivity index (χ4v) is 3.02. The fourth-order valence-electron chi connectivity index (χ4n) is 2.30. The Hall–Kier alpha value is -1.89. The number of primary sulfonamides is 1. The van der Waals surface area contributed by atoms with E-state index in [1.807, 2.05) is 25.1 Å². The van der Waals surface area contributed by atoms with Gasteiger partial charge in [-0.15, -0.1) is 0 Å². The second kappa shape index (κ2) is 7.34. The maximum atomic E-state index is 12.5. The average Bonchev–Trinajstić information content (AvgIpc) is 2.55. The van der Waals surface area contributed by atoms with Gasteiger partial charge in [0.2, 0.25) is 15.9 Å². The molecule has 2 aromatic carbocycles. The lowest BCUT2D eigenvalue weighted by atomic mass is 10.1. The summed E-state index contributed by atoms with van der Waals surface area (Å²) in [6.07, 6.45) is 0.204. The summed E-state index contributed by atoms with van der Waals surface area (Å²) in [5.74, 6) is -0.0777. The smallest absolute Gasteiger partial charge is 0.238 e. The highest BCUT2D eigenvalue weighted by Gasteiger charge is 2.19. The van der Waals surface area contributed by atoms with E-state index in [2.05, 4.69) is 0 Å². The van der Waals surface area contributed by atoms with Crippen molar-refractivity contribution in [2.24, 2.45) is 5.14 Å². The monoisotopic (exact) mass is 366 g/mol. The molecule has 0 spiro atoms. The Bertz CT molecular complexity index is 835. The van der Waals surface area contributed by atoms with Crippen LogP contribution in [0.1, 0.15) is 24.1 Å². The molecule has 2 aromatic rings. The van der Waals surface area contributed by atoms with Gasteiger partial charge in [-0.05, 0) is 36.2 Å². The molecular formula is C17H19ClN2O3S. The van der Waals surface area contributed by atoms with Gasteiger partial charge in [0.15, 0.2) is 0 Å². The third-order valence-electron chi connectivity index (χ3n) is 3.96. The zero-order valence-electron chi connectivity index (χ0n) is 13.4. The fraction of sp³-hybridized carbons (Fsp3) is 0.235. The molecule has 2 rings (SSSR count). The second-order valence-electron chi connectivity index (χ2n) is 5.56. The molecular weight excluding hydrogens is 348 g/mol. The summed E-state index contributed by atoms with van der Waals surface area (Å²) >= 11 is 6.09. The maximum absolute atomic E-state index is 12.5. The highest BCUT2D eigenvalue weighted by molar-refractivity contribution is 7.89. The van der Waals surface area contributed by atoms with Gasteiger partial charge in [0, 0.05) is 12.1 Å². The Morgan fingerprint density at radius 1 is 1.17 bits per heavy atom. The highest BCUT2D eigenvalue weighted by Crippen LogP contribution is 2.22. The molecule has 5 nitrogen and oxygen atoms in total. The number of nitrogens with two attached hydrogens (primary N) is 1.